The van der Waals surface area contributed by atoms with Crippen LogP contribution in [0.15, 0.2) is 42.7 Å². The van der Waals surface area contributed by atoms with E-state index in [9.17, 15) is 4.79 Å². The Morgan fingerprint density at radius 1 is 1.29 bits per heavy atom. The van der Waals surface area contributed by atoms with E-state index >= 15 is 0 Å². The van der Waals surface area contributed by atoms with E-state index < -0.39 is 0 Å². The molecular weight excluding hydrogens is 302 g/mol. The number of imidazole rings is 1. The number of hydrogen-bond acceptors (Lipinski definition) is 3. The van der Waals surface area contributed by atoms with Gasteiger partial charge in [0.15, 0.2) is 0 Å². The minimum atomic E-state index is -0.116. The molecule has 0 unspecified atom stereocenters. The Labute approximate surface area is 141 Å². The molecule has 126 valence electrons. The maximum atomic E-state index is 12.3. The number of carbonyl (C=O) groups excluding carboxylic acids is 1. The topological polar surface area (TPSA) is 75.6 Å². The number of amides is 1. The first-order valence-electron chi connectivity index (χ1n) is 8.35. The quantitative estimate of drug-likeness (QED) is 0.701. The molecule has 3 aromatic rings. The van der Waals surface area contributed by atoms with E-state index in [-0.39, 0.29) is 17.9 Å². The van der Waals surface area contributed by atoms with Gasteiger partial charge in [0, 0.05) is 25.4 Å². The van der Waals surface area contributed by atoms with Gasteiger partial charge in [0.2, 0.25) is 5.91 Å². The molecule has 0 bridgehead atoms. The Bertz CT molecular complexity index is 758. The monoisotopic (exact) mass is 325 g/mol. The van der Waals surface area contributed by atoms with Crippen molar-refractivity contribution in [2.45, 2.75) is 39.3 Å². The summed E-state index contributed by atoms with van der Waals surface area (Å²) in [6, 6.07) is 9.67. The van der Waals surface area contributed by atoms with Gasteiger partial charge in [-0.1, -0.05) is 26.0 Å². The first-order chi connectivity index (χ1) is 11.6. The molecule has 2 heterocycles. The molecule has 3 rings (SSSR count). The molecule has 0 aliphatic rings. The Hall–Kier alpha value is -2.63. The van der Waals surface area contributed by atoms with Crippen LogP contribution < -0.4 is 5.32 Å². The molecule has 1 amide bonds. The molecule has 0 saturated carbocycles. The van der Waals surface area contributed by atoms with Crippen LogP contribution in [0.1, 0.15) is 38.6 Å². The number of nitrogens with zero attached hydrogens (tertiary/aromatic N) is 3. The first kappa shape index (κ1) is 16.2. The van der Waals surface area contributed by atoms with Gasteiger partial charge in [0.25, 0.3) is 0 Å². The molecule has 0 aliphatic heterocycles. The Morgan fingerprint density at radius 3 is 2.83 bits per heavy atom. The van der Waals surface area contributed by atoms with Gasteiger partial charge in [-0.05, 0) is 30.5 Å². The summed E-state index contributed by atoms with van der Waals surface area (Å²) in [4.78, 5) is 20.2. The maximum Gasteiger partial charge on any atom is 0.220 e. The SMILES string of the molecule is CC(C)[C@H](NC(=O)CCCn1cccn1)c1nc2ccccc2[nH]1. The summed E-state index contributed by atoms with van der Waals surface area (Å²) in [5.41, 5.74) is 1.91. The first-order valence-corrected chi connectivity index (χ1v) is 8.35. The third kappa shape index (κ3) is 3.82. The second-order valence-corrected chi connectivity index (χ2v) is 6.30. The van der Waals surface area contributed by atoms with Crippen molar-refractivity contribution in [2.75, 3.05) is 0 Å². The number of fused-ring (bicyclic) bond motifs is 1. The number of aryl methyl sites for hydroxylation is 1. The summed E-state index contributed by atoms with van der Waals surface area (Å²) in [5.74, 6) is 1.11. The number of para-hydroxylation sites is 2. The lowest BCUT2D eigenvalue weighted by molar-refractivity contribution is -0.122. The molecule has 0 saturated heterocycles. The van der Waals surface area contributed by atoms with Crippen LogP contribution in [0.3, 0.4) is 0 Å². The Kier molecular flexibility index (Phi) is 4.93. The van der Waals surface area contributed by atoms with Crippen LogP contribution in [-0.2, 0) is 11.3 Å². The van der Waals surface area contributed by atoms with Gasteiger partial charge in [0.05, 0.1) is 17.1 Å². The van der Waals surface area contributed by atoms with Crippen LogP contribution in [0, 0.1) is 5.92 Å². The molecule has 0 fully saturated rings. The average molecular weight is 325 g/mol. The van der Waals surface area contributed by atoms with E-state index in [1.807, 2.05) is 41.2 Å². The lowest BCUT2D eigenvalue weighted by atomic mass is 10.0. The number of hydrogen-bond donors (Lipinski definition) is 2. The lowest BCUT2D eigenvalue weighted by Crippen LogP contribution is -2.32. The van der Waals surface area contributed by atoms with Crippen molar-refractivity contribution in [3.63, 3.8) is 0 Å². The van der Waals surface area contributed by atoms with Crippen molar-refractivity contribution in [1.82, 2.24) is 25.1 Å². The molecule has 2 N–H and O–H groups in total. The van der Waals surface area contributed by atoms with Gasteiger partial charge in [0.1, 0.15) is 5.82 Å². The smallest absolute Gasteiger partial charge is 0.220 e. The second kappa shape index (κ2) is 7.29. The van der Waals surface area contributed by atoms with Gasteiger partial charge in [-0.3, -0.25) is 9.48 Å². The van der Waals surface area contributed by atoms with E-state index in [0.29, 0.717) is 6.42 Å². The van der Waals surface area contributed by atoms with Crippen molar-refractivity contribution in [1.29, 1.82) is 0 Å². The van der Waals surface area contributed by atoms with Crippen LogP contribution in [0.5, 0.6) is 0 Å². The molecule has 6 nitrogen and oxygen atoms in total. The van der Waals surface area contributed by atoms with E-state index in [2.05, 4.69) is 34.2 Å². The third-order valence-corrected chi connectivity index (χ3v) is 4.04. The number of nitrogens with one attached hydrogen (secondary N) is 2. The molecule has 0 spiro atoms. The van der Waals surface area contributed by atoms with E-state index in [1.54, 1.807) is 6.20 Å². The highest BCUT2D eigenvalue weighted by atomic mass is 16.1. The minimum absolute atomic E-state index is 0.0429. The van der Waals surface area contributed by atoms with Crippen LogP contribution in [0.25, 0.3) is 11.0 Å². The van der Waals surface area contributed by atoms with Crippen LogP contribution >= 0.6 is 0 Å². The van der Waals surface area contributed by atoms with Gasteiger partial charge >= 0.3 is 0 Å². The van der Waals surface area contributed by atoms with Crippen LogP contribution in [-0.4, -0.2) is 25.7 Å². The molecule has 0 radical (unpaired) electrons. The van der Waals surface area contributed by atoms with Crippen molar-refractivity contribution in [3.8, 4) is 0 Å². The minimum Gasteiger partial charge on any atom is -0.346 e. The normalized spacial score (nSPS) is 12.6. The van der Waals surface area contributed by atoms with Crippen molar-refractivity contribution in [3.05, 3.63) is 48.5 Å². The predicted molar refractivity (Wildman–Crippen MR) is 93.3 cm³/mol. The Morgan fingerprint density at radius 2 is 2.12 bits per heavy atom. The fraction of sp³-hybridized carbons (Fsp3) is 0.389. The molecular formula is C18H23N5O. The molecule has 1 aromatic carbocycles. The van der Waals surface area contributed by atoms with E-state index in [0.717, 1.165) is 29.8 Å². The fourth-order valence-electron chi connectivity index (χ4n) is 2.75. The molecule has 24 heavy (non-hydrogen) atoms. The maximum absolute atomic E-state index is 12.3. The number of benzene rings is 1. The summed E-state index contributed by atoms with van der Waals surface area (Å²) in [5, 5.41) is 7.26. The highest BCUT2D eigenvalue weighted by Gasteiger charge is 2.21. The van der Waals surface area contributed by atoms with Gasteiger partial charge in [-0.15, -0.1) is 0 Å². The largest absolute Gasteiger partial charge is 0.346 e. The van der Waals surface area contributed by atoms with E-state index in [1.165, 1.54) is 0 Å². The summed E-state index contributed by atoms with van der Waals surface area (Å²) in [6.45, 7) is 4.92. The zero-order valence-corrected chi connectivity index (χ0v) is 14.1. The highest BCUT2D eigenvalue weighted by Crippen LogP contribution is 2.22. The highest BCUT2D eigenvalue weighted by molar-refractivity contribution is 5.77. The summed E-state index contributed by atoms with van der Waals surface area (Å²) in [6.07, 6.45) is 4.89. The van der Waals surface area contributed by atoms with Gasteiger partial charge in [-0.2, -0.15) is 5.10 Å². The molecule has 0 aliphatic carbocycles. The van der Waals surface area contributed by atoms with Crippen LogP contribution in [0.4, 0.5) is 0 Å². The summed E-state index contributed by atoms with van der Waals surface area (Å²) in [7, 11) is 0. The molecule has 6 heteroatoms. The summed E-state index contributed by atoms with van der Waals surface area (Å²) >= 11 is 0. The second-order valence-electron chi connectivity index (χ2n) is 6.30. The van der Waals surface area contributed by atoms with E-state index in [4.69, 9.17) is 0 Å². The van der Waals surface area contributed by atoms with Gasteiger partial charge < -0.3 is 10.3 Å². The third-order valence-electron chi connectivity index (χ3n) is 4.04. The number of carbonyl (C=O) groups is 1. The number of H-pyrrole nitrogens is 1. The predicted octanol–water partition coefficient (Wildman–Crippen LogP) is 3.05. The Balaban J connectivity index is 1.61. The standard InChI is InChI=1S/C18H23N5O/c1-13(2)17(18-20-14-7-3-4-8-15(14)21-18)22-16(24)9-5-11-23-12-6-10-19-23/h3-4,6-8,10,12-13,17H,5,9,11H2,1-2H3,(H,20,21)(H,22,24)/t17-/m0/s1. The zero-order chi connectivity index (χ0) is 16.9. The molecule has 2 aromatic heterocycles. The molecule has 1 atom stereocenters. The lowest BCUT2D eigenvalue weighted by Gasteiger charge is -2.20. The number of aromatic nitrogens is 4. The fourth-order valence-corrected chi connectivity index (χ4v) is 2.75. The average Bonchev–Trinajstić information content (AvgIpc) is 3.21. The number of rotatable bonds is 7. The zero-order valence-electron chi connectivity index (χ0n) is 14.1. The van der Waals surface area contributed by atoms with Crippen LogP contribution in [0.2, 0.25) is 0 Å². The summed E-state index contributed by atoms with van der Waals surface area (Å²) < 4.78 is 1.84. The van der Waals surface area contributed by atoms with Gasteiger partial charge in [-0.25, -0.2) is 4.98 Å². The van der Waals surface area contributed by atoms with Crippen molar-refractivity contribution >= 4 is 16.9 Å². The van der Waals surface area contributed by atoms with Crippen molar-refractivity contribution in [2.24, 2.45) is 5.92 Å². The number of aromatic amines is 1. The van der Waals surface area contributed by atoms with Crippen molar-refractivity contribution < 1.29 is 4.79 Å².